The molecular weight excluding hydrogens is 212 g/mol. The lowest BCUT2D eigenvalue weighted by molar-refractivity contribution is 0.0532. The first kappa shape index (κ1) is 11.5. The van der Waals surface area contributed by atoms with Crippen LogP contribution in [0.3, 0.4) is 0 Å². The monoisotopic (exact) mass is 224 g/mol. The summed E-state index contributed by atoms with van der Waals surface area (Å²) in [4.78, 5) is 17.7. The highest BCUT2D eigenvalue weighted by Crippen LogP contribution is 2.21. The number of rotatable bonds is 4. The smallest absolute Gasteiger partial charge is 0.350 e. The maximum Gasteiger partial charge on any atom is 0.350 e. The Kier molecular flexibility index (Phi) is 4.13. The highest BCUT2D eigenvalue weighted by Gasteiger charge is 2.12. The number of esters is 1. The van der Waals surface area contributed by atoms with E-state index in [0.717, 1.165) is 5.13 Å². The van der Waals surface area contributed by atoms with Crippen molar-refractivity contribution < 1.29 is 9.53 Å². The van der Waals surface area contributed by atoms with Crippen LogP contribution in [0, 0.1) is 12.3 Å². The van der Waals surface area contributed by atoms with Gasteiger partial charge >= 0.3 is 5.97 Å². The molecule has 1 rings (SSSR count). The van der Waals surface area contributed by atoms with E-state index in [1.807, 2.05) is 7.05 Å². The molecule has 0 aliphatic carbocycles. The van der Waals surface area contributed by atoms with Crippen LogP contribution >= 0.6 is 11.3 Å². The maximum atomic E-state index is 11.3. The first-order valence-electron chi connectivity index (χ1n) is 4.46. The van der Waals surface area contributed by atoms with Crippen LogP contribution in [-0.2, 0) is 4.74 Å². The summed E-state index contributed by atoms with van der Waals surface area (Å²) < 4.78 is 4.85. The average molecular weight is 224 g/mol. The number of ether oxygens (including phenoxy) is 1. The van der Waals surface area contributed by atoms with Crippen LogP contribution in [0.15, 0.2) is 6.20 Å². The van der Waals surface area contributed by atoms with Crippen molar-refractivity contribution in [2.45, 2.75) is 6.92 Å². The summed E-state index contributed by atoms with van der Waals surface area (Å²) in [6.07, 6.45) is 6.68. The Balaban J connectivity index is 2.72. The third kappa shape index (κ3) is 2.96. The highest BCUT2D eigenvalue weighted by molar-refractivity contribution is 7.17. The number of aromatic nitrogens is 1. The van der Waals surface area contributed by atoms with E-state index < -0.39 is 0 Å². The molecule has 0 aromatic carbocycles. The Labute approximate surface area is 92.9 Å². The van der Waals surface area contributed by atoms with Crippen LogP contribution in [0.4, 0.5) is 5.13 Å². The summed E-state index contributed by atoms with van der Waals surface area (Å²) in [7, 11) is 1.83. The zero-order valence-electron chi connectivity index (χ0n) is 8.69. The number of anilines is 1. The van der Waals surface area contributed by atoms with Gasteiger partial charge in [-0.25, -0.2) is 9.78 Å². The van der Waals surface area contributed by atoms with Crippen molar-refractivity contribution in [2.24, 2.45) is 0 Å². The molecule has 0 radical (unpaired) electrons. The van der Waals surface area contributed by atoms with Gasteiger partial charge in [-0.3, -0.25) is 0 Å². The topological polar surface area (TPSA) is 42.4 Å². The predicted octanol–water partition coefficient (Wildman–Crippen LogP) is 1.39. The molecule has 0 N–H and O–H groups in total. The molecule has 80 valence electrons. The van der Waals surface area contributed by atoms with E-state index in [4.69, 9.17) is 11.2 Å². The number of carbonyl (C=O) groups is 1. The van der Waals surface area contributed by atoms with Gasteiger partial charge in [0.25, 0.3) is 0 Å². The van der Waals surface area contributed by atoms with E-state index in [0.29, 0.717) is 18.0 Å². The lowest BCUT2D eigenvalue weighted by Gasteiger charge is -2.10. The molecule has 1 aromatic heterocycles. The minimum absolute atomic E-state index is 0.338. The SMILES string of the molecule is C#CCN(C)c1ncc(C(=O)OCC)s1. The van der Waals surface area contributed by atoms with Crippen molar-refractivity contribution in [3.05, 3.63) is 11.1 Å². The Hall–Kier alpha value is -1.54. The van der Waals surface area contributed by atoms with Gasteiger partial charge in [0, 0.05) is 7.05 Å². The maximum absolute atomic E-state index is 11.3. The van der Waals surface area contributed by atoms with Crippen LogP contribution in [0.25, 0.3) is 0 Å². The molecular formula is C10H12N2O2S. The first-order chi connectivity index (χ1) is 7.19. The Morgan fingerprint density at radius 2 is 2.53 bits per heavy atom. The van der Waals surface area contributed by atoms with Gasteiger partial charge in [0.2, 0.25) is 0 Å². The molecule has 0 saturated carbocycles. The highest BCUT2D eigenvalue weighted by atomic mass is 32.1. The lowest BCUT2D eigenvalue weighted by atomic mass is 10.5. The minimum Gasteiger partial charge on any atom is -0.462 e. The van der Waals surface area contributed by atoms with Crippen molar-refractivity contribution >= 4 is 22.4 Å². The second kappa shape index (κ2) is 5.37. The fourth-order valence-corrected chi connectivity index (χ4v) is 1.71. The fourth-order valence-electron chi connectivity index (χ4n) is 0.943. The Bertz CT molecular complexity index is 381. The van der Waals surface area contributed by atoms with Crippen LogP contribution in [-0.4, -0.2) is 31.2 Å². The molecule has 0 fully saturated rings. The quantitative estimate of drug-likeness (QED) is 0.572. The van der Waals surface area contributed by atoms with Gasteiger partial charge in [0.1, 0.15) is 4.88 Å². The largest absolute Gasteiger partial charge is 0.462 e. The van der Waals surface area contributed by atoms with Crippen LogP contribution in [0.5, 0.6) is 0 Å². The molecule has 0 unspecified atom stereocenters. The zero-order valence-corrected chi connectivity index (χ0v) is 9.50. The van der Waals surface area contributed by atoms with E-state index in [1.165, 1.54) is 17.5 Å². The van der Waals surface area contributed by atoms with Gasteiger partial charge in [0.15, 0.2) is 5.13 Å². The van der Waals surface area contributed by atoms with Gasteiger partial charge in [-0.15, -0.1) is 6.42 Å². The third-order valence-corrected chi connectivity index (χ3v) is 2.72. The first-order valence-corrected chi connectivity index (χ1v) is 5.28. The van der Waals surface area contributed by atoms with E-state index in [1.54, 1.807) is 11.8 Å². The van der Waals surface area contributed by atoms with E-state index >= 15 is 0 Å². The standard InChI is InChI=1S/C10H12N2O2S/c1-4-6-12(3)10-11-7-8(15-10)9(13)14-5-2/h1,7H,5-6H2,2-3H3. The fraction of sp³-hybridized carbons (Fsp3) is 0.400. The summed E-state index contributed by atoms with van der Waals surface area (Å²) >= 11 is 1.27. The van der Waals surface area contributed by atoms with Crippen molar-refractivity contribution in [1.82, 2.24) is 4.98 Å². The summed E-state index contributed by atoms with van der Waals surface area (Å²) in [5.74, 6) is 2.17. The summed E-state index contributed by atoms with van der Waals surface area (Å²) in [5, 5.41) is 0.719. The van der Waals surface area contributed by atoms with Crippen LogP contribution < -0.4 is 4.90 Å². The zero-order chi connectivity index (χ0) is 11.3. The van der Waals surface area contributed by atoms with Crippen molar-refractivity contribution in [3.63, 3.8) is 0 Å². The second-order valence-corrected chi connectivity index (χ2v) is 3.80. The Morgan fingerprint density at radius 3 is 3.13 bits per heavy atom. The average Bonchev–Trinajstić information content (AvgIpc) is 2.67. The minimum atomic E-state index is -0.338. The number of nitrogens with zero attached hydrogens (tertiary/aromatic N) is 2. The second-order valence-electron chi connectivity index (χ2n) is 2.79. The molecule has 0 amide bonds. The molecule has 0 bridgehead atoms. The van der Waals surface area contributed by atoms with Crippen LogP contribution in [0.1, 0.15) is 16.6 Å². The molecule has 1 heterocycles. The molecule has 0 spiro atoms. The van der Waals surface area contributed by atoms with Gasteiger partial charge in [0.05, 0.1) is 19.3 Å². The molecule has 4 nitrogen and oxygen atoms in total. The number of thiazole rings is 1. The van der Waals surface area contributed by atoms with E-state index in [2.05, 4.69) is 10.9 Å². The molecule has 0 saturated heterocycles. The van der Waals surface area contributed by atoms with Crippen molar-refractivity contribution in [3.8, 4) is 12.3 Å². The van der Waals surface area contributed by atoms with Gasteiger partial charge in [-0.05, 0) is 6.92 Å². The molecule has 1 aromatic rings. The van der Waals surface area contributed by atoms with Crippen molar-refractivity contribution in [2.75, 3.05) is 25.1 Å². The van der Waals surface area contributed by atoms with Crippen LogP contribution in [0.2, 0.25) is 0 Å². The predicted molar refractivity (Wildman–Crippen MR) is 60.2 cm³/mol. The summed E-state index contributed by atoms with van der Waals surface area (Å²) in [6, 6.07) is 0. The molecule has 0 aliphatic heterocycles. The number of hydrogen-bond donors (Lipinski definition) is 0. The molecule has 0 aliphatic rings. The van der Waals surface area contributed by atoms with Gasteiger partial charge in [-0.1, -0.05) is 17.3 Å². The lowest BCUT2D eigenvalue weighted by Crippen LogP contribution is -2.16. The number of carbonyl (C=O) groups excluding carboxylic acids is 1. The molecule has 0 atom stereocenters. The molecule has 5 heteroatoms. The summed E-state index contributed by atoms with van der Waals surface area (Å²) in [6.45, 7) is 2.60. The molecule has 15 heavy (non-hydrogen) atoms. The summed E-state index contributed by atoms with van der Waals surface area (Å²) in [5.41, 5.74) is 0. The third-order valence-electron chi connectivity index (χ3n) is 1.63. The van der Waals surface area contributed by atoms with Crippen molar-refractivity contribution in [1.29, 1.82) is 0 Å². The number of hydrogen-bond acceptors (Lipinski definition) is 5. The normalized spacial score (nSPS) is 9.40. The van der Waals surface area contributed by atoms with Gasteiger partial charge in [-0.2, -0.15) is 0 Å². The number of terminal acetylenes is 1. The van der Waals surface area contributed by atoms with E-state index in [9.17, 15) is 4.79 Å². The Morgan fingerprint density at radius 1 is 1.80 bits per heavy atom. The van der Waals surface area contributed by atoms with Gasteiger partial charge < -0.3 is 9.64 Å². The van der Waals surface area contributed by atoms with E-state index in [-0.39, 0.29) is 5.97 Å².